The van der Waals surface area contributed by atoms with Crippen LogP contribution in [0, 0.1) is 111 Å². The third-order valence-corrected chi connectivity index (χ3v) is 9.57. The van der Waals surface area contributed by atoms with E-state index in [0.717, 1.165) is 59.2 Å². The summed E-state index contributed by atoms with van der Waals surface area (Å²) in [5.74, 6) is 12.7. The Hall–Kier alpha value is 1.32. The molecule has 168 valence electrons. The number of rotatable bonds is 0. The molecular weight excluding hydrogens is 482 g/mol. The molecule has 0 amide bonds. The fraction of sp³-hybridized carbons (Fsp3) is 0.926. The molecular formula is C27H52Gd. The van der Waals surface area contributed by atoms with E-state index in [2.05, 4.69) is 83.1 Å². The molecule has 28 heavy (non-hydrogen) atoms. The molecule has 0 aromatic rings. The molecule has 0 aromatic carbocycles. The van der Waals surface area contributed by atoms with Gasteiger partial charge in [0.15, 0.2) is 0 Å². The topological polar surface area (TPSA) is 0 Å². The first-order chi connectivity index (χ1) is 12.4. The van der Waals surface area contributed by atoms with E-state index in [1.165, 1.54) is 19.3 Å². The van der Waals surface area contributed by atoms with Crippen LogP contribution in [0.15, 0.2) is 0 Å². The van der Waals surface area contributed by atoms with E-state index >= 15 is 0 Å². The summed E-state index contributed by atoms with van der Waals surface area (Å²) in [6, 6.07) is 0. The smallest absolute Gasteiger partial charge is 0 e. The van der Waals surface area contributed by atoms with Crippen LogP contribution in [0.1, 0.15) is 102 Å². The van der Waals surface area contributed by atoms with Crippen molar-refractivity contribution in [2.24, 2.45) is 59.2 Å². The van der Waals surface area contributed by atoms with Crippen LogP contribution in [0.2, 0.25) is 0 Å². The van der Waals surface area contributed by atoms with Gasteiger partial charge in [-0.2, -0.15) is 0 Å². The van der Waals surface area contributed by atoms with E-state index in [4.69, 9.17) is 0 Å². The third kappa shape index (κ3) is 7.78. The quantitative estimate of drug-likeness (QED) is 0.292. The molecule has 3 fully saturated rings. The second-order valence-electron chi connectivity index (χ2n) is 11.3. The van der Waals surface area contributed by atoms with Crippen LogP contribution in [0.5, 0.6) is 0 Å². The van der Waals surface area contributed by atoms with E-state index in [9.17, 15) is 0 Å². The van der Waals surface area contributed by atoms with Gasteiger partial charge in [0.25, 0.3) is 0 Å². The van der Waals surface area contributed by atoms with Gasteiger partial charge in [-0.3, -0.25) is 0 Å². The van der Waals surface area contributed by atoms with Crippen molar-refractivity contribution in [3.8, 4) is 0 Å². The predicted octanol–water partition coefficient (Wildman–Crippen LogP) is 8.72. The molecule has 0 aromatic heterocycles. The van der Waals surface area contributed by atoms with Crippen LogP contribution in [-0.4, -0.2) is 0 Å². The van der Waals surface area contributed by atoms with Gasteiger partial charge < -0.3 is 0 Å². The molecule has 0 heterocycles. The Morgan fingerprint density at radius 1 is 0.500 bits per heavy atom. The van der Waals surface area contributed by atoms with Crippen LogP contribution < -0.4 is 0 Å². The van der Waals surface area contributed by atoms with Crippen molar-refractivity contribution >= 4 is 0 Å². The summed E-state index contributed by atoms with van der Waals surface area (Å²) in [4.78, 5) is 0. The zero-order valence-electron chi connectivity index (χ0n) is 21.2. The first-order valence-electron chi connectivity index (χ1n) is 12.0. The maximum Gasteiger partial charge on any atom is 0 e. The summed E-state index contributed by atoms with van der Waals surface area (Å²) in [5.41, 5.74) is 0. The zero-order valence-corrected chi connectivity index (χ0v) is 23.5. The molecule has 0 bridgehead atoms. The van der Waals surface area contributed by atoms with Gasteiger partial charge in [-0.15, -0.1) is 0 Å². The zero-order chi connectivity index (χ0) is 21.0. The van der Waals surface area contributed by atoms with Crippen LogP contribution in [0.4, 0.5) is 0 Å². The minimum atomic E-state index is 0. The molecule has 3 saturated carbocycles. The van der Waals surface area contributed by atoms with Crippen LogP contribution >= 0.6 is 0 Å². The first-order valence-corrected chi connectivity index (χ1v) is 12.0. The van der Waals surface area contributed by atoms with Gasteiger partial charge in [-0.05, 0) is 90.3 Å². The summed E-state index contributed by atoms with van der Waals surface area (Å²) >= 11 is 0. The summed E-state index contributed by atoms with van der Waals surface area (Å²) in [7, 11) is 0. The molecule has 0 spiro atoms. The Labute approximate surface area is 211 Å². The van der Waals surface area contributed by atoms with Crippen LogP contribution in [-0.2, 0) is 0 Å². The monoisotopic (exact) mass is 534 g/mol. The van der Waals surface area contributed by atoms with Gasteiger partial charge >= 0.3 is 0 Å². The molecule has 3 rings (SSSR count). The molecule has 0 nitrogen and oxygen atoms in total. The normalized spacial score (nSPS) is 46.3. The Morgan fingerprint density at radius 2 is 0.786 bits per heavy atom. The molecule has 10 unspecified atom stereocenters. The molecule has 1 heteroatoms. The van der Waals surface area contributed by atoms with Crippen molar-refractivity contribution in [2.75, 3.05) is 0 Å². The predicted molar refractivity (Wildman–Crippen MR) is 123 cm³/mol. The van der Waals surface area contributed by atoms with Crippen molar-refractivity contribution < 1.29 is 39.9 Å². The second kappa shape index (κ2) is 13.0. The van der Waals surface area contributed by atoms with Gasteiger partial charge in [0.1, 0.15) is 0 Å². The Bertz CT molecular complexity index is 321. The fourth-order valence-corrected chi connectivity index (χ4v) is 5.74. The van der Waals surface area contributed by atoms with Gasteiger partial charge in [-0.1, -0.05) is 83.1 Å². The first kappa shape index (κ1) is 29.3. The van der Waals surface area contributed by atoms with E-state index in [1.807, 2.05) is 0 Å². The third-order valence-electron chi connectivity index (χ3n) is 9.57. The van der Waals surface area contributed by atoms with Gasteiger partial charge in [0, 0.05) is 39.9 Å². The van der Waals surface area contributed by atoms with Crippen molar-refractivity contribution in [3.05, 3.63) is 11.8 Å². The summed E-state index contributed by atoms with van der Waals surface area (Å²) in [6.07, 6.45) is 4.22. The molecule has 2 radical (unpaired) electrons. The Morgan fingerprint density at radius 3 is 0.857 bits per heavy atom. The standard InChI is InChI=1S/2C9H18.C9H16.Gd/c3*1-6-5-7(2)9(4)8(6)3;/h2*6-9H,5H2,1-4H3;6,8H,5H2,1-4H3;. The minimum absolute atomic E-state index is 0. The van der Waals surface area contributed by atoms with E-state index < -0.39 is 0 Å². The van der Waals surface area contributed by atoms with Crippen molar-refractivity contribution in [1.29, 1.82) is 0 Å². The van der Waals surface area contributed by atoms with E-state index in [0.29, 0.717) is 0 Å². The van der Waals surface area contributed by atoms with Crippen LogP contribution in [0.3, 0.4) is 0 Å². The Balaban J connectivity index is 0.000000384. The summed E-state index contributed by atoms with van der Waals surface area (Å²) in [5, 5.41) is 0. The molecule has 3 aliphatic carbocycles. The fourth-order valence-electron chi connectivity index (χ4n) is 5.74. The second-order valence-corrected chi connectivity index (χ2v) is 11.3. The molecule has 0 saturated heterocycles. The SMILES string of the molecule is CC1CC(C)C(C)C1C.CC1CC(C)C(C)C1C.C[C]1CC(C)C(C)[C]1C.[Gd]. The summed E-state index contributed by atoms with van der Waals surface area (Å²) < 4.78 is 0. The maximum absolute atomic E-state index is 2.39. The molecule has 0 N–H and O–H groups in total. The average molecular weight is 534 g/mol. The van der Waals surface area contributed by atoms with Crippen molar-refractivity contribution in [1.82, 2.24) is 0 Å². The number of hydrogen-bond acceptors (Lipinski definition) is 0. The van der Waals surface area contributed by atoms with Gasteiger partial charge in [0.05, 0.1) is 0 Å². The van der Waals surface area contributed by atoms with Crippen molar-refractivity contribution in [2.45, 2.75) is 102 Å². The van der Waals surface area contributed by atoms with E-state index in [1.54, 1.807) is 11.8 Å². The molecule has 3 aliphatic rings. The number of hydrogen-bond donors (Lipinski definition) is 0. The van der Waals surface area contributed by atoms with Gasteiger partial charge in [-0.25, -0.2) is 0 Å². The molecule has 0 aliphatic heterocycles. The average Bonchev–Trinajstić information content (AvgIpc) is 3.07. The van der Waals surface area contributed by atoms with Crippen LogP contribution in [0.25, 0.3) is 0 Å². The summed E-state index contributed by atoms with van der Waals surface area (Å²) in [6.45, 7) is 28.3. The minimum Gasteiger partial charge on any atom is -0.0622 e. The molecule has 10 atom stereocenters. The van der Waals surface area contributed by atoms with Gasteiger partial charge in [0.2, 0.25) is 0 Å². The largest absolute Gasteiger partial charge is 0.0622 e. The maximum atomic E-state index is 2.39. The Kier molecular flexibility index (Phi) is 13.6. The van der Waals surface area contributed by atoms with E-state index in [-0.39, 0.29) is 39.9 Å². The van der Waals surface area contributed by atoms with Crippen molar-refractivity contribution in [3.63, 3.8) is 0 Å².